The molecule has 0 radical (unpaired) electrons. The molecule has 2 aliphatic rings. The molecule has 1 amide bonds. The smallest absolute Gasteiger partial charge is 0.223 e. The van der Waals surface area contributed by atoms with E-state index in [4.69, 9.17) is 5.73 Å². The fourth-order valence-corrected chi connectivity index (χ4v) is 3.39. The van der Waals surface area contributed by atoms with Gasteiger partial charge in [0.15, 0.2) is 0 Å². The number of carbonyl (C=O) groups is 1. The lowest BCUT2D eigenvalue weighted by molar-refractivity contribution is -0.126. The molecule has 0 heterocycles. The Bertz CT molecular complexity index is 275. The quantitative estimate of drug-likeness (QED) is 0.701. The van der Waals surface area contributed by atoms with Gasteiger partial charge in [0.25, 0.3) is 0 Å². The van der Waals surface area contributed by atoms with Gasteiger partial charge in [-0.25, -0.2) is 0 Å². The molecule has 0 bridgehead atoms. The topological polar surface area (TPSA) is 75.4 Å². The molecule has 18 heavy (non-hydrogen) atoms. The molecule has 2 atom stereocenters. The Hall–Kier alpha value is -0.610. The van der Waals surface area contributed by atoms with Crippen molar-refractivity contribution in [1.82, 2.24) is 5.32 Å². The van der Waals surface area contributed by atoms with E-state index in [1.807, 2.05) is 0 Å². The summed E-state index contributed by atoms with van der Waals surface area (Å²) in [7, 11) is 0. The molecule has 4 N–H and O–H groups in total. The molecule has 2 rings (SSSR count). The van der Waals surface area contributed by atoms with Crippen LogP contribution in [0.5, 0.6) is 0 Å². The van der Waals surface area contributed by atoms with Gasteiger partial charge < -0.3 is 16.2 Å². The van der Waals surface area contributed by atoms with Gasteiger partial charge in [0, 0.05) is 12.5 Å². The van der Waals surface area contributed by atoms with Gasteiger partial charge in [0.2, 0.25) is 5.91 Å². The zero-order valence-electron chi connectivity index (χ0n) is 11.1. The zero-order valence-corrected chi connectivity index (χ0v) is 11.1. The number of aliphatic hydroxyl groups is 1. The van der Waals surface area contributed by atoms with Crippen molar-refractivity contribution < 1.29 is 9.90 Å². The largest absolute Gasteiger partial charge is 0.393 e. The SMILES string of the molecule is NCC1CCCC1C(=O)NCC1CCC(O)CC1. The number of hydrogen-bond acceptors (Lipinski definition) is 3. The van der Waals surface area contributed by atoms with Gasteiger partial charge in [-0.2, -0.15) is 0 Å². The van der Waals surface area contributed by atoms with E-state index in [0.29, 0.717) is 18.4 Å². The lowest BCUT2D eigenvalue weighted by atomic mass is 9.87. The molecule has 4 heteroatoms. The van der Waals surface area contributed by atoms with E-state index in [-0.39, 0.29) is 17.9 Å². The van der Waals surface area contributed by atoms with Crippen molar-refractivity contribution in [1.29, 1.82) is 0 Å². The predicted molar refractivity (Wildman–Crippen MR) is 70.9 cm³/mol. The Morgan fingerprint density at radius 1 is 1.17 bits per heavy atom. The van der Waals surface area contributed by atoms with Gasteiger partial charge >= 0.3 is 0 Å². The van der Waals surface area contributed by atoms with Gasteiger partial charge in [-0.15, -0.1) is 0 Å². The Morgan fingerprint density at radius 2 is 1.89 bits per heavy atom. The first-order valence-electron chi connectivity index (χ1n) is 7.36. The van der Waals surface area contributed by atoms with E-state index in [9.17, 15) is 9.90 Å². The van der Waals surface area contributed by atoms with E-state index in [1.165, 1.54) is 0 Å². The Kier molecular flexibility index (Phi) is 5.01. The number of amides is 1. The average molecular weight is 254 g/mol. The molecule has 104 valence electrons. The Morgan fingerprint density at radius 3 is 2.56 bits per heavy atom. The van der Waals surface area contributed by atoms with Crippen LogP contribution in [0.4, 0.5) is 0 Å². The van der Waals surface area contributed by atoms with Gasteiger partial charge in [-0.05, 0) is 56.9 Å². The van der Waals surface area contributed by atoms with Crippen molar-refractivity contribution in [3.05, 3.63) is 0 Å². The standard InChI is InChI=1S/C14H26N2O2/c15-8-11-2-1-3-13(11)14(18)16-9-10-4-6-12(17)7-5-10/h10-13,17H,1-9,15H2,(H,16,18). The molecule has 0 saturated heterocycles. The van der Waals surface area contributed by atoms with Crippen molar-refractivity contribution in [2.45, 2.75) is 51.0 Å². The van der Waals surface area contributed by atoms with Crippen LogP contribution in [0.15, 0.2) is 0 Å². The second-order valence-electron chi connectivity index (χ2n) is 5.95. The first-order valence-corrected chi connectivity index (χ1v) is 7.36. The van der Waals surface area contributed by atoms with Crippen LogP contribution in [0.1, 0.15) is 44.9 Å². The summed E-state index contributed by atoms with van der Waals surface area (Å²) in [6, 6.07) is 0. The highest BCUT2D eigenvalue weighted by Crippen LogP contribution is 2.31. The monoisotopic (exact) mass is 254 g/mol. The molecule has 2 saturated carbocycles. The van der Waals surface area contributed by atoms with Crippen molar-refractivity contribution >= 4 is 5.91 Å². The zero-order chi connectivity index (χ0) is 13.0. The lowest BCUT2D eigenvalue weighted by Crippen LogP contribution is -2.38. The number of hydrogen-bond donors (Lipinski definition) is 3. The summed E-state index contributed by atoms with van der Waals surface area (Å²) in [5.41, 5.74) is 5.71. The third-order valence-electron chi connectivity index (χ3n) is 4.68. The average Bonchev–Trinajstić information content (AvgIpc) is 2.86. The summed E-state index contributed by atoms with van der Waals surface area (Å²) < 4.78 is 0. The number of aliphatic hydroxyl groups excluding tert-OH is 1. The fraction of sp³-hybridized carbons (Fsp3) is 0.929. The molecule has 2 unspecified atom stereocenters. The summed E-state index contributed by atoms with van der Waals surface area (Å²) >= 11 is 0. The summed E-state index contributed by atoms with van der Waals surface area (Å²) in [6.07, 6.45) is 6.95. The first-order chi connectivity index (χ1) is 8.70. The third-order valence-corrected chi connectivity index (χ3v) is 4.68. The first kappa shape index (κ1) is 13.8. The summed E-state index contributed by atoms with van der Waals surface area (Å²) in [5.74, 6) is 1.28. The van der Waals surface area contributed by atoms with Crippen LogP contribution in [0.2, 0.25) is 0 Å². The highest BCUT2D eigenvalue weighted by atomic mass is 16.3. The summed E-state index contributed by atoms with van der Waals surface area (Å²) in [4.78, 5) is 12.1. The summed E-state index contributed by atoms with van der Waals surface area (Å²) in [5, 5.41) is 12.5. The van der Waals surface area contributed by atoms with Crippen molar-refractivity contribution in [2.75, 3.05) is 13.1 Å². The number of rotatable bonds is 4. The van der Waals surface area contributed by atoms with Crippen LogP contribution in [-0.2, 0) is 4.79 Å². The molecule has 4 nitrogen and oxygen atoms in total. The molecule has 0 aliphatic heterocycles. The van der Waals surface area contributed by atoms with Crippen LogP contribution in [0, 0.1) is 17.8 Å². The number of nitrogens with one attached hydrogen (secondary N) is 1. The van der Waals surface area contributed by atoms with Gasteiger partial charge in [0.05, 0.1) is 6.10 Å². The van der Waals surface area contributed by atoms with Gasteiger partial charge in [-0.1, -0.05) is 6.42 Å². The lowest BCUT2D eigenvalue weighted by Gasteiger charge is -2.26. The van der Waals surface area contributed by atoms with E-state index in [0.717, 1.165) is 51.5 Å². The molecule has 0 aromatic carbocycles. The second kappa shape index (κ2) is 6.53. The van der Waals surface area contributed by atoms with Gasteiger partial charge in [-0.3, -0.25) is 4.79 Å². The van der Waals surface area contributed by atoms with E-state index in [2.05, 4.69) is 5.32 Å². The Labute approximate surface area is 109 Å². The van der Waals surface area contributed by atoms with E-state index >= 15 is 0 Å². The third kappa shape index (κ3) is 3.45. The predicted octanol–water partition coefficient (Wildman–Crippen LogP) is 1.03. The molecular weight excluding hydrogens is 228 g/mol. The minimum Gasteiger partial charge on any atom is -0.393 e. The Balaban J connectivity index is 1.71. The minimum atomic E-state index is -0.117. The molecular formula is C14H26N2O2. The van der Waals surface area contributed by atoms with Crippen LogP contribution in [0.3, 0.4) is 0 Å². The van der Waals surface area contributed by atoms with Crippen molar-refractivity contribution in [2.24, 2.45) is 23.5 Å². The van der Waals surface area contributed by atoms with Gasteiger partial charge in [0.1, 0.15) is 0 Å². The normalized spacial score (nSPS) is 36.6. The highest BCUT2D eigenvalue weighted by Gasteiger charge is 2.32. The van der Waals surface area contributed by atoms with Crippen molar-refractivity contribution in [3.63, 3.8) is 0 Å². The van der Waals surface area contributed by atoms with E-state index in [1.54, 1.807) is 0 Å². The van der Waals surface area contributed by atoms with Crippen LogP contribution in [-0.4, -0.2) is 30.2 Å². The maximum absolute atomic E-state index is 12.1. The minimum absolute atomic E-state index is 0.117. The number of carbonyl (C=O) groups excluding carboxylic acids is 1. The molecule has 2 aliphatic carbocycles. The fourth-order valence-electron chi connectivity index (χ4n) is 3.39. The van der Waals surface area contributed by atoms with Crippen LogP contribution < -0.4 is 11.1 Å². The molecule has 0 spiro atoms. The molecule has 2 fully saturated rings. The molecule has 0 aromatic rings. The maximum atomic E-state index is 12.1. The van der Waals surface area contributed by atoms with Crippen molar-refractivity contribution in [3.8, 4) is 0 Å². The van der Waals surface area contributed by atoms with Crippen LogP contribution >= 0.6 is 0 Å². The van der Waals surface area contributed by atoms with Crippen LogP contribution in [0.25, 0.3) is 0 Å². The number of nitrogens with two attached hydrogens (primary N) is 1. The molecule has 0 aromatic heterocycles. The maximum Gasteiger partial charge on any atom is 0.223 e. The second-order valence-corrected chi connectivity index (χ2v) is 5.95. The van der Waals surface area contributed by atoms with E-state index < -0.39 is 0 Å². The summed E-state index contributed by atoms with van der Waals surface area (Å²) in [6.45, 7) is 1.41. The highest BCUT2D eigenvalue weighted by molar-refractivity contribution is 5.79.